The zero-order valence-corrected chi connectivity index (χ0v) is 10.7. The average molecular weight is 286 g/mol. The number of rotatable bonds is 2. The van der Waals surface area contributed by atoms with Gasteiger partial charge in [0.1, 0.15) is 5.82 Å². The zero-order chi connectivity index (χ0) is 14.5. The summed E-state index contributed by atoms with van der Waals surface area (Å²) in [6.45, 7) is 0.657. The van der Waals surface area contributed by atoms with Crippen molar-refractivity contribution >= 4 is 21.9 Å². The molecule has 0 radical (unpaired) electrons. The third-order valence-electron chi connectivity index (χ3n) is 2.09. The molecule has 19 heavy (non-hydrogen) atoms. The Bertz CT molecular complexity index is 616. The molecule has 9 heteroatoms. The van der Waals surface area contributed by atoms with Crippen LogP contribution >= 0.6 is 0 Å². The molecular weight excluding hydrogens is 272 g/mol. The molecule has 0 saturated carbocycles. The maximum absolute atomic E-state index is 8.74. The minimum atomic E-state index is -4.67. The van der Waals surface area contributed by atoms with Gasteiger partial charge in [-0.2, -0.15) is 13.5 Å². The summed E-state index contributed by atoms with van der Waals surface area (Å²) >= 11 is 0. The largest absolute Gasteiger partial charge is 0.394 e. The lowest BCUT2D eigenvalue weighted by molar-refractivity contribution is 0.381. The van der Waals surface area contributed by atoms with Gasteiger partial charge in [-0.1, -0.05) is 30.3 Å². The van der Waals surface area contributed by atoms with E-state index in [0.29, 0.717) is 18.1 Å². The van der Waals surface area contributed by atoms with E-state index in [1.54, 1.807) is 10.9 Å². The molecule has 2 rings (SSSR count). The minimum Gasteiger partial charge on any atom is -0.394 e. The highest BCUT2D eigenvalue weighted by Gasteiger charge is 2.03. The molecule has 0 aliphatic carbocycles. The second-order valence-corrected chi connectivity index (χ2v) is 4.47. The summed E-state index contributed by atoms with van der Waals surface area (Å²) in [7, 11) is -4.67. The van der Waals surface area contributed by atoms with Crippen LogP contribution in [0, 0.1) is 0 Å². The van der Waals surface area contributed by atoms with Crippen LogP contribution in [0.4, 0.5) is 11.5 Å². The Morgan fingerprint density at radius 3 is 2.11 bits per heavy atom. The van der Waals surface area contributed by atoms with Gasteiger partial charge in [-0.3, -0.25) is 9.11 Å². The molecule has 104 valence electrons. The van der Waals surface area contributed by atoms with E-state index in [-0.39, 0.29) is 0 Å². The Morgan fingerprint density at radius 1 is 1.16 bits per heavy atom. The van der Waals surface area contributed by atoms with Crippen molar-refractivity contribution in [2.24, 2.45) is 0 Å². The predicted molar refractivity (Wildman–Crippen MR) is 70.8 cm³/mol. The molecule has 2 aromatic rings. The van der Waals surface area contributed by atoms with Crippen molar-refractivity contribution in [2.75, 3.05) is 11.5 Å². The molecule has 0 saturated heterocycles. The lowest BCUT2D eigenvalue weighted by Crippen LogP contribution is -2.06. The maximum Gasteiger partial charge on any atom is 0.394 e. The van der Waals surface area contributed by atoms with Crippen LogP contribution in [0.15, 0.2) is 36.5 Å². The van der Waals surface area contributed by atoms with Crippen molar-refractivity contribution in [1.29, 1.82) is 0 Å². The fourth-order valence-electron chi connectivity index (χ4n) is 1.29. The molecule has 0 atom stereocenters. The summed E-state index contributed by atoms with van der Waals surface area (Å²) in [5, 5.41) is 4.08. The first-order chi connectivity index (χ1) is 8.77. The fourth-order valence-corrected chi connectivity index (χ4v) is 1.29. The van der Waals surface area contributed by atoms with Gasteiger partial charge in [-0.05, 0) is 5.56 Å². The molecule has 8 nitrogen and oxygen atoms in total. The van der Waals surface area contributed by atoms with Crippen LogP contribution < -0.4 is 11.5 Å². The summed E-state index contributed by atoms with van der Waals surface area (Å²) < 4.78 is 33.3. The lowest BCUT2D eigenvalue weighted by atomic mass is 10.2. The average Bonchev–Trinajstić information content (AvgIpc) is 2.60. The van der Waals surface area contributed by atoms with E-state index >= 15 is 0 Å². The van der Waals surface area contributed by atoms with Gasteiger partial charge in [0.2, 0.25) is 0 Å². The molecule has 0 unspecified atom stereocenters. The van der Waals surface area contributed by atoms with Gasteiger partial charge in [0.15, 0.2) is 0 Å². The number of aromatic nitrogens is 2. The fraction of sp³-hybridized carbons (Fsp3) is 0.100. The first kappa shape index (κ1) is 15.0. The molecule has 1 aromatic heterocycles. The van der Waals surface area contributed by atoms with Gasteiger partial charge >= 0.3 is 10.4 Å². The van der Waals surface area contributed by atoms with Crippen LogP contribution in [-0.2, 0) is 16.9 Å². The van der Waals surface area contributed by atoms with Crippen molar-refractivity contribution in [2.45, 2.75) is 6.54 Å². The summed E-state index contributed by atoms with van der Waals surface area (Å²) in [6, 6.07) is 10.00. The van der Waals surface area contributed by atoms with Crippen molar-refractivity contribution in [3.63, 3.8) is 0 Å². The van der Waals surface area contributed by atoms with Crippen LogP contribution in [0.5, 0.6) is 0 Å². The number of nitrogen functional groups attached to an aromatic ring is 2. The first-order valence-corrected chi connectivity index (χ1v) is 6.47. The van der Waals surface area contributed by atoms with Gasteiger partial charge in [0, 0.05) is 0 Å². The zero-order valence-electron chi connectivity index (χ0n) is 9.84. The van der Waals surface area contributed by atoms with E-state index in [1.165, 1.54) is 0 Å². The van der Waals surface area contributed by atoms with Crippen LogP contribution in [0.1, 0.15) is 5.56 Å². The highest BCUT2D eigenvalue weighted by Crippen LogP contribution is 2.14. The Hall–Kier alpha value is -2.10. The summed E-state index contributed by atoms with van der Waals surface area (Å²) in [5.41, 5.74) is 13.0. The first-order valence-electron chi connectivity index (χ1n) is 5.08. The normalized spacial score (nSPS) is 10.6. The van der Waals surface area contributed by atoms with E-state index < -0.39 is 10.4 Å². The maximum atomic E-state index is 8.74. The molecular formula is C10H14N4O4S. The van der Waals surface area contributed by atoms with Gasteiger partial charge < -0.3 is 11.5 Å². The standard InChI is InChI=1S/C10H12N4.H2O4S/c11-9-6-13-14(10(9)12)7-8-4-2-1-3-5-8;1-5(2,3)4/h1-6H,7,11-12H2;(H2,1,2,3,4). The Morgan fingerprint density at radius 2 is 1.68 bits per heavy atom. The molecule has 0 fully saturated rings. The van der Waals surface area contributed by atoms with Gasteiger partial charge in [0.25, 0.3) is 0 Å². The van der Waals surface area contributed by atoms with Crippen LogP contribution in [0.2, 0.25) is 0 Å². The third-order valence-corrected chi connectivity index (χ3v) is 2.09. The van der Waals surface area contributed by atoms with E-state index in [0.717, 1.165) is 5.56 Å². The van der Waals surface area contributed by atoms with Crippen molar-refractivity contribution in [3.05, 3.63) is 42.1 Å². The Balaban J connectivity index is 0.000000312. The van der Waals surface area contributed by atoms with E-state index in [9.17, 15) is 0 Å². The second-order valence-electron chi connectivity index (χ2n) is 3.58. The van der Waals surface area contributed by atoms with Crippen molar-refractivity contribution in [3.8, 4) is 0 Å². The van der Waals surface area contributed by atoms with Gasteiger partial charge in [-0.25, -0.2) is 4.68 Å². The number of anilines is 2. The van der Waals surface area contributed by atoms with Crippen molar-refractivity contribution in [1.82, 2.24) is 9.78 Å². The second kappa shape index (κ2) is 6.18. The quantitative estimate of drug-likeness (QED) is 0.586. The molecule has 0 bridgehead atoms. The van der Waals surface area contributed by atoms with Crippen LogP contribution in [0.3, 0.4) is 0 Å². The van der Waals surface area contributed by atoms with Crippen molar-refractivity contribution < 1.29 is 17.5 Å². The number of benzene rings is 1. The lowest BCUT2D eigenvalue weighted by Gasteiger charge is -2.03. The number of nitrogens with two attached hydrogens (primary N) is 2. The number of nitrogens with zero attached hydrogens (tertiary/aromatic N) is 2. The molecule has 0 aliphatic heterocycles. The SMILES string of the molecule is Nc1cnn(Cc2ccccc2)c1N.O=S(=O)(O)O. The highest BCUT2D eigenvalue weighted by atomic mass is 32.3. The minimum absolute atomic E-state index is 0.522. The molecule has 6 N–H and O–H groups in total. The summed E-state index contributed by atoms with van der Waals surface area (Å²) in [5.74, 6) is 0.522. The highest BCUT2D eigenvalue weighted by molar-refractivity contribution is 7.79. The summed E-state index contributed by atoms with van der Waals surface area (Å²) in [4.78, 5) is 0. The number of hydrogen-bond donors (Lipinski definition) is 4. The molecule has 1 heterocycles. The van der Waals surface area contributed by atoms with Crippen LogP contribution in [0.25, 0.3) is 0 Å². The Kier molecular flexibility index (Phi) is 4.87. The van der Waals surface area contributed by atoms with Gasteiger partial charge in [0.05, 0.1) is 18.4 Å². The Labute approximate surface area is 110 Å². The monoisotopic (exact) mass is 286 g/mol. The van der Waals surface area contributed by atoms with Gasteiger partial charge in [-0.15, -0.1) is 0 Å². The van der Waals surface area contributed by atoms with Crippen LogP contribution in [-0.4, -0.2) is 27.3 Å². The summed E-state index contributed by atoms with van der Waals surface area (Å²) in [6.07, 6.45) is 1.57. The van der Waals surface area contributed by atoms with E-state index in [4.69, 9.17) is 29.0 Å². The number of hydrogen-bond acceptors (Lipinski definition) is 5. The van der Waals surface area contributed by atoms with E-state index in [2.05, 4.69) is 5.10 Å². The molecule has 1 aromatic carbocycles. The topological polar surface area (TPSA) is 144 Å². The predicted octanol–water partition coefficient (Wildman–Crippen LogP) is 0.443. The smallest absolute Gasteiger partial charge is 0.394 e. The third kappa shape index (κ3) is 5.86. The van der Waals surface area contributed by atoms with E-state index in [1.807, 2.05) is 30.3 Å². The molecule has 0 amide bonds. The molecule has 0 aliphatic rings. The molecule has 0 spiro atoms.